The van der Waals surface area contributed by atoms with Crippen LogP contribution in [0.1, 0.15) is 22.6 Å². The van der Waals surface area contributed by atoms with Gasteiger partial charge in [0.05, 0.1) is 18.4 Å². The summed E-state index contributed by atoms with van der Waals surface area (Å²) >= 11 is 0. The Bertz CT molecular complexity index is 1580. The number of phenolic OH excluding ortho intramolecular Hbond substituents is 1. The molecule has 1 aliphatic heterocycles. The van der Waals surface area contributed by atoms with Gasteiger partial charge in [0.2, 0.25) is 0 Å². The maximum atomic E-state index is 13.3. The molecule has 0 bridgehead atoms. The number of phenols is 1. The molecule has 0 saturated carbocycles. The second-order valence-electron chi connectivity index (χ2n) is 7.91. The molecule has 4 aromatic carbocycles. The summed E-state index contributed by atoms with van der Waals surface area (Å²) in [5.41, 5.74) is 4.08. The van der Waals surface area contributed by atoms with Crippen molar-refractivity contribution in [3.63, 3.8) is 0 Å². The number of para-hydroxylation sites is 1. The van der Waals surface area contributed by atoms with E-state index in [4.69, 9.17) is 9.15 Å². The molecule has 32 heavy (non-hydrogen) atoms. The number of rotatable bonds is 2. The van der Waals surface area contributed by atoms with E-state index in [9.17, 15) is 9.90 Å². The largest absolute Gasteiger partial charge is 0.504 e. The smallest absolute Gasteiger partial charge is 0.342 e. The number of aromatic hydroxyl groups is 1. The molecule has 0 saturated heterocycles. The molecule has 6 rings (SSSR count). The van der Waals surface area contributed by atoms with E-state index in [1.54, 1.807) is 18.2 Å². The van der Waals surface area contributed by atoms with Crippen molar-refractivity contribution in [2.45, 2.75) is 5.92 Å². The van der Waals surface area contributed by atoms with Gasteiger partial charge in [-0.25, -0.2) is 4.79 Å². The van der Waals surface area contributed by atoms with E-state index in [1.165, 1.54) is 7.11 Å². The minimum absolute atomic E-state index is 0.0250. The van der Waals surface area contributed by atoms with Crippen molar-refractivity contribution in [2.24, 2.45) is 0 Å². The summed E-state index contributed by atoms with van der Waals surface area (Å²) < 4.78 is 11.0. The molecule has 2 N–H and O–H groups in total. The first-order valence-corrected chi connectivity index (χ1v) is 10.4. The van der Waals surface area contributed by atoms with Crippen molar-refractivity contribution in [3.8, 4) is 11.5 Å². The van der Waals surface area contributed by atoms with Crippen LogP contribution in [0.15, 0.2) is 88.1 Å². The van der Waals surface area contributed by atoms with Gasteiger partial charge in [-0.05, 0) is 52.2 Å². The monoisotopic (exact) mass is 421 g/mol. The number of ether oxygens (including phenoxy) is 1. The zero-order valence-electron chi connectivity index (χ0n) is 17.3. The van der Waals surface area contributed by atoms with Gasteiger partial charge in [0.25, 0.3) is 0 Å². The van der Waals surface area contributed by atoms with E-state index >= 15 is 0 Å². The molecule has 5 heteroatoms. The Labute approximate surface area is 183 Å². The number of methoxy groups -OCH3 is 1. The van der Waals surface area contributed by atoms with Crippen LogP contribution >= 0.6 is 0 Å². The standard InChI is InChI=1S/C27H19NO4/c1-31-22-13-11-16(14-20(22)29)23-24-17-7-3-2-6-15(17)10-12-19(24)28-26-18-8-4-5-9-21(18)32-27(30)25(23)26/h2-14,23,28-29H,1H3. The third-order valence-electron chi connectivity index (χ3n) is 6.19. The van der Waals surface area contributed by atoms with Gasteiger partial charge in [-0.2, -0.15) is 0 Å². The molecule has 1 unspecified atom stereocenters. The molecule has 1 aromatic heterocycles. The van der Waals surface area contributed by atoms with Gasteiger partial charge in [-0.3, -0.25) is 0 Å². The predicted molar refractivity (Wildman–Crippen MR) is 125 cm³/mol. The van der Waals surface area contributed by atoms with Gasteiger partial charge >= 0.3 is 5.63 Å². The van der Waals surface area contributed by atoms with Crippen molar-refractivity contribution >= 4 is 33.1 Å². The first kappa shape index (κ1) is 18.5. The summed E-state index contributed by atoms with van der Waals surface area (Å²) in [5, 5.41) is 17.0. The number of nitrogens with one attached hydrogen (secondary N) is 1. The average molecular weight is 421 g/mol. The Morgan fingerprint density at radius 2 is 1.69 bits per heavy atom. The Hall–Kier alpha value is -4.25. The first-order chi connectivity index (χ1) is 15.7. The van der Waals surface area contributed by atoms with Crippen LogP contribution in [-0.4, -0.2) is 12.2 Å². The number of hydrogen-bond donors (Lipinski definition) is 2. The summed E-state index contributed by atoms with van der Waals surface area (Å²) in [6.45, 7) is 0. The molecule has 5 nitrogen and oxygen atoms in total. The summed E-state index contributed by atoms with van der Waals surface area (Å²) in [6.07, 6.45) is 0. The summed E-state index contributed by atoms with van der Waals surface area (Å²) in [7, 11) is 1.51. The van der Waals surface area contributed by atoms with Gasteiger partial charge in [0.1, 0.15) is 5.58 Å². The highest BCUT2D eigenvalue weighted by atomic mass is 16.5. The lowest BCUT2D eigenvalue weighted by molar-refractivity contribution is 0.373. The van der Waals surface area contributed by atoms with Crippen molar-refractivity contribution < 1.29 is 14.3 Å². The van der Waals surface area contributed by atoms with Gasteiger partial charge in [-0.1, -0.05) is 48.5 Å². The van der Waals surface area contributed by atoms with E-state index in [0.29, 0.717) is 16.9 Å². The van der Waals surface area contributed by atoms with Crippen LogP contribution in [0.3, 0.4) is 0 Å². The van der Waals surface area contributed by atoms with Crippen LogP contribution in [0.5, 0.6) is 11.5 Å². The quantitative estimate of drug-likeness (QED) is 0.341. The zero-order valence-corrected chi connectivity index (χ0v) is 17.3. The fourth-order valence-corrected chi connectivity index (χ4v) is 4.78. The number of benzene rings is 4. The molecule has 2 heterocycles. The summed E-state index contributed by atoms with van der Waals surface area (Å²) in [5.74, 6) is -0.0198. The molecular formula is C27H19NO4. The van der Waals surface area contributed by atoms with Crippen LogP contribution in [0.4, 0.5) is 11.4 Å². The SMILES string of the molecule is COc1ccc(C2c3c(c4ccccc4oc3=O)Nc3ccc4ccccc4c32)cc1O. The molecule has 1 aliphatic rings. The Morgan fingerprint density at radius 1 is 0.906 bits per heavy atom. The molecular weight excluding hydrogens is 402 g/mol. The van der Waals surface area contributed by atoms with Crippen molar-refractivity contribution in [2.75, 3.05) is 12.4 Å². The Morgan fingerprint density at radius 3 is 2.50 bits per heavy atom. The van der Waals surface area contributed by atoms with Crippen molar-refractivity contribution in [1.82, 2.24) is 0 Å². The first-order valence-electron chi connectivity index (χ1n) is 10.4. The van der Waals surface area contributed by atoms with E-state index in [-0.39, 0.29) is 5.75 Å². The van der Waals surface area contributed by atoms with Gasteiger partial charge in [0, 0.05) is 17.0 Å². The lowest BCUT2D eigenvalue weighted by Gasteiger charge is -2.30. The highest BCUT2D eigenvalue weighted by Crippen LogP contribution is 2.49. The van der Waals surface area contributed by atoms with Gasteiger partial charge < -0.3 is 19.6 Å². The Balaban J connectivity index is 1.74. The minimum atomic E-state index is -0.426. The molecule has 0 radical (unpaired) electrons. The van der Waals surface area contributed by atoms with Crippen molar-refractivity contribution in [1.29, 1.82) is 0 Å². The lowest BCUT2D eigenvalue weighted by atomic mass is 9.79. The molecule has 0 amide bonds. The molecule has 0 aliphatic carbocycles. The van der Waals surface area contributed by atoms with E-state index in [1.807, 2.05) is 42.5 Å². The molecule has 0 fully saturated rings. The number of hydrogen-bond acceptors (Lipinski definition) is 5. The zero-order chi connectivity index (χ0) is 21.8. The average Bonchev–Trinajstić information content (AvgIpc) is 2.82. The number of fused-ring (bicyclic) bond motifs is 6. The highest BCUT2D eigenvalue weighted by Gasteiger charge is 2.33. The maximum absolute atomic E-state index is 13.3. The minimum Gasteiger partial charge on any atom is -0.504 e. The fraction of sp³-hybridized carbons (Fsp3) is 0.0741. The van der Waals surface area contributed by atoms with Crippen molar-refractivity contribution in [3.05, 3.63) is 106 Å². The molecule has 1 atom stereocenters. The topological polar surface area (TPSA) is 71.7 Å². The molecule has 5 aromatic rings. The number of anilines is 2. The third kappa shape index (κ3) is 2.61. The van der Waals surface area contributed by atoms with Gasteiger partial charge in [0.15, 0.2) is 11.5 Å². The van der Waals surface area contributed by atoms with Crippen LogP contribution in [-0.2, 0) is 0 Å². The maximum Gasteiger partial charge on any atom is 0.342 e. The van der Waals surface area contributed by atoms with Gasteiger partial charge in [-0.15, -0.1) is 0 Å². The second-order valence-corrected chi connectivity index (χ2v) is 7.91. The van der Waals surface area contributed by atoms with E-state index in [0.717, 1.165) is 38.7 Å². The summed E-state index contributed by atoms with van der Waals surface area (Å²) in [4.78, 5) is 13.3. The lowest BCUT2D eigenvalue weighted by Crippen LogP contribution is -2.22. The predicted octanol–water partition coefficient (Wildman–Crippen LogP) is 5.90. The Kier molecular flexibility index (Phi) is 3.98. The van der Waals surface area contributed by atoms with E-state index < -0.39 is 11.5 Å². The summed E-state index contributed by atoms with van der Waals surface area (Å²) in [6, 6.07) is 25.0. The van der Waals surface area contributed by atoms with Crippen LogP contribution in [0.25, 0.3) is 21.7 Å². The van der Waals surface area contributed by atoms with Crippen LogP contribution in [0.2, 0.25) is 0 Å². The van der Waals surface area contributed by atoms with Crippen LogP contribution < -0.4 is 15.7 Å². The van der Waals surface area contributed by atoms with Crippen LogP contribution in [0, 0.1) is 0 Å². The normalized spacial score (nSPS) is 14.6. The highest BCUT2D eigenvalue weighted by molar-refractivity contribution is 6.00. The molecule has 156 valence electrons. The second kappa shape index (κ2) is 6.89. The van der Waals surface area contributed by atoms with E-state index in [2.05, 4.69) is 23.5 Å². The third-order valence-corrected chi connectivity index (χ3v) is 6.19. The fourth-order valence-electron chi connectivity index (χ4n) is 4.78. The molecule has 0 spiro atoms.